The fraction of sp³-hybridized carbons (Fsp3) is 0.385. The highest BCUT2D eigenvalue weighted by molar-refractivity contribution is 7.99. The third-order valence-electron chi connectivity index (χ3n) is 5.92. The third kappa shape index (κ3) is 6.04. The van der Waals surface area contributed by atoms with Gasteiger partial charge in [0, 0.05) is 36.3 Å². The van der Waals surface area contributed by atoms with E-state index in [1.165, 1.54) is 23.1 Å². The topological polar surface area (TPSA) is 75.2 Å². The van der Waals surface area contributed by atoms with Crippen molar-refractivity contribution in [2.75, 3.05) is 24.2 Å². The molecule has 8 heteroatoms. The fourth-order valence-electron chi connectivity index (χ4n) is 4.05. The average molecular weight is 495 g/mol. The van der Waals surface area contributed by atoms with Crippen molar-refractivity contribution in [3.63, 3.8) is 0 Å². The summed E-state index contributed by atoms with van der Waals surface area (Å²) in [5, 5.41) is 6.72. The van der Waals surface area contributed by atoms with Crippen molar-refractivity contribution in [2.45, 2.75) is 50.0 Å². The Morgan fingerprint density at radius 1 is 1.12 bits per heavy atom. The number of anilines is 1. The number of thioether (sulfide) groups is 1. The number of pyridine rings is 1. The van der Waals surface area contributed by atoms with E-state index in [-0.39, 0.29) is 23.1 Å². The van der Waals surface area contributed by atoms with E-state index >= 15 is 0 Å². The van der Waals surface area contributed by atoms with E-state index in [9.17, 15) is 9.59 Å². The summed E-state index contributed by atoms with van der Waals surface area (Å²) in [6.07, 6.45) is 3.47. The van der Waals surface area contributed by atoms with Crippen molar-refractivity contribution >= 4 is 40.6 Å². The quantitative estimate of drug-likeness (QED) is 0.453. The minimum absolute atomic E-state index is 0.0708. The number of piperidine rings is 1. The number of amides is 2. The highest BCUT2D eigenvalue weighted by atomic mass is 32.2. The van der Waals surface area contributed by atoms with Crippen LogP contribution in [0.1, 0.15) is 60.6 Å². The number of nitrogens with zero attached hydrogens (tertiary/aromatic N) is 3. The van der Waals surface area contributed by atoms with Gasteiger partial charge in [0.1, 0.15) is 5.69 Å². The highest BCUT2D eigenvalue weighted by Gasteiger charge is 2.27. The molecule has 3 aromatic rings. The van der Waals surface area contributed by atoms with Crippen LogP contribution in [0.3, 0.4) is 0 Å². The number of nitrogens with one attached hydrogen (secondary N) is 1. The van der Waals surface area contributed by atoms with Gasteiger partial charge in [-0.2, -0.15) is 0 Å². The Kier molecular flexibility index (Phi) is 7.68. The molecule has 0 atom stereocenters. The molecule has 1 aliphatic heterocycles. The lowest BCUT2D eigenvalue weighted by Crippen LogP contribution is -2.38. The fourth-order valence-corrected chi connectivity index (χ4v) is 5.78. The van der Waals surface area contributed by atoms with Crippen LogP contribution >= 0.6 is 23.1 Å². The van der Waals surface area contributed by atoms with Crippen molar-refractivity contribution in [3.05, 3.63) is 70.3 Å². The molecule has 2 amide bonds. The summed E-state index contributed by atoms with van der Waals surface area (Å²) in [5.74, 6) is 0.643. The second-order valence-electron chi connectivity index (χ2n) is 9.43. The summed E-state index contributed by atoms with van der Waals surface area (Å²) in [6, 6.07) is 13.6. The molecule has 0 radical (unpaired) electrons. The minimum Gasteiger partial charge on any atom is -0.342 e. The van der Waals surface area contributed by atoms with Gasteiger partial charge in [-0.05, 0) is 42.0 Å². The Balaban J connectivity index is 1.31. The molecule has 3 heterocycles. The van der Waals surface area contributed by atoms with Crippen LogP contribution in [0.4, 0.5) is 5.69 Å². The number of likely N-dealkylation sites (tertiary alicyclic amines) is 1. The van der Waals surface area contributed by atoms with Gasteiger partial charge in [0.05, 0.1) is 15.8 Å². The molecule has 0 aliphatic carbocycles. The molecule has 0 unspecified atom stereocenters. The number of hydrogen-bond donors (Lipinski definition) is 1. The lowest BCUT2D eigenvalue weighted by molar-refractivity contribution is -0.129. The van der Waals surface area contributed by atoms with E-state index in [1.807, 2.05) is 52.7 Å². The van der Waals surface area contributed by atoms with Crippen LogP contribution in [0.25, 0.3) is 0 Å². The van der Waals surface area contributed by atoms with Crippen LogP contribution in [0, 0.1) is 0 Å². The predicted octanol–water partition coefficient (Wildman–Crippen LogP) is 5.59. The molecule has 2 aromatic heterocycles. The molecule has 0 spiro atoms. The number of para-hydroxylation sites is 1. The van der Waals surface area contributed by atoms with Gasteiger partial charge in [0.15, 0.2) is 0 Å². The number of benzene rings is 1. The van der Waals surface area contributed by atoms with Crippen LogP contribution in [-0.2, 0) is 10.2 Å². The zero-order chi connectivity index (χ0) is 24.1. The van der Waals surface area contributed by atoms with Gasteiger partial charge in [-0.25, -0.2) is 9.97 Å². The Morgan fingerprint density at radius 3 is 2.56 bits per heavy atom. The van der Waals surface area contributed by atoms with Crippen molar-refractivity contribution in [1.82, 2.24) is 14.9 Å². The third-order valence-corrected chi connectivity index (χ3v) is 7.85. The second-order valence-corrected chi connectivity index (χ2v) is 11.3. The number of carbonyl (C=O) groups is 2. The van der Waals surface area contributed by atoms with Crippen molar-refractivity contribution < 1.29 is 9.59 Å². The number of rotatable bonds is 6. The van der Waals surface area contributed by atoms with Crippen molar-refractivity contribution in [2.24, 2.45) is 0 Å². The predicted molar refractivity (Wildman–Crippen MR) is 139 cm³/mol. The smallest absolute Gasteiger partial charge is 0.275 e. The van der Waals surface area contributed by atoms with E-state index in [0.717, 1.165) is 34.1 Å². The standard InChI is InChI=1S/C26H30N4O2S2/c1-26(2,3)19-8-4-5-9-20(19)28-24(32)21-16-34-25(29-21)18-11-14-30(15-12-18)23(31)17-33-22-10-6-7-13-27-22/h4-10,13,16,18H,11-12,14-15,17H2,1-3H3,(H,28,32). The van der Waals surface area contributed by atoms with E-state index < -0.39 is 0 Å². The molecule has 6 nitrogen and oxygen atoms in total. The summed E-state index contributed by atoms with van der Waals surface area (Å²) in [4.78, 5) is 36.3. The first-order chi connectivity index (χ1) is 16.3. The highest BCUT2D eigenvalue weighted by Crippen LogP contribution is 2.32. The Hall–Kier alpha value is -2.71. The molecule has 1 saturated heterocycles. The Morgan fingerprint density at radius 2 is 1.85 bits per heavy atom. The maximum absolute atomic E-state index is 12.9. The van der Waals surface area contributed by atoms with Gasteiger partial charge in [0.2, 0.25) is 5.91 Å². The van der Waals surface area contributed by atoms with Gasteiger partial charge >= 0.3 is 0 Å². The average Bonchev–Trinajstić information content (AvgIpc) is 3.34. The van der Waals surface area contributed by atoms with E-state index in [0.29, 0.717) is 24.5 Å². The van der Waals surface area contributed by atoms with Crippen LogP contribution in [-0.4, -0.2) is 45.5 Å². The summed E-state index contributed by atoms with van der Waals surface area (Å²) in [6.45, 7) is 7.83. The first-order valence-corrected chi connectivity index (χ1v) is 13.4. The molecule has 1 aromatic carbocycles. The Bertz CT molecular complexity index is 1130. The molecule has 0 saturated carbocycles. The number of hydrogen-bond acceptors (Lipinski definition) is 6. The first-order valence-electron chi connectivity index (χ1n) is 11.5. The summed E-state index contributed by atoms with van der Waals surface area (Å²) >= 11 is 3.01. The molecular formula is C26H30N4O2S2. The monoisotopic (exact) mass is 494 g/mol. The number of carbonyl (C=O) groups excluding carboxylic acids is 2. The number of aromatic nitrogens is 2. The van der Waals surface area contributed by atoms with Gasteiger partial charge in [-0.15, -0.1) is 11.3 Å². The molecule has 1 N–H and O–H groups in total. The largest absolute Gasteiger partial charge is 0.342 e. The first kappa shape index (κ1) is 24.4. The van der Waals surface area contributed by atoms with Crippen LogP contribution in [0.5, 0.6) is 0 Å². The number of thiazole rings is 1. The zero-order valence-electron chi connectivity index (χ0n) is 19.8. The second kappa shape index (κ2) is 10.7. The molecule has 1 aliphatic rings. The maximum atomic E-state index is 12.9. The lowest BCUT2D eigenvalue weighted by atomic mass is 9.86. The van der Waals surface area contributed by atoms with Crippen molar-refractivity contribution in [3.8, 4) is 0 Å². The SMILES string of the molecule is CC(C)(C)c1ccccc1NC(=O)c1csc(C2CCN(C(=O)CSc3ccccn3)CC2)n1. The van der Waals surface area contributed by atoms with Gasteiger partial charge in [-0.1, -0.05) is 56.8 Å². The zero-order valence-corrected chi connectivity index (χ0v) is 21.4. The molecular weight excluding hydrogens is 464 g/mol. The van der Waals surface area contributed by atoms with Crippen LogP contribution in [0.2, 0.25) is 0 Å². The normalized spacial score (nSPS) is 14.7. The molecule has 178 valence electrons. The van der Waals surface area contributed by atoms with Gasteiger partial charge in [-0.3, -0.25) is 9.59 Å². The Labute approximate surface area is 209 Å². The van der Waals surface area contributed by atoms with E-state index in [1.54, 1.807) is 6.20 Å². The van der Waals surface area contributed by atoms with Gasteiger partial charge < -0.3 is 10.2 Å². The molecule has 1 fully saturated rings. The maximum Gasteiger partial charge on any atom is 0.275 e. The van der Waals surface area contributed by atoms with Crippen LogP contribution < -0.4 is 5.32 Å². The summed E-state index contributed by atoms with van der Waals surface area (Å²) < 4.78 is 0. The van der Waals surface area contributed by atoms with Crippen LogP contribution in [0.15, 0.2) is 59.1 Å². The summed E-state index contributed by atoms with van der Waals surface area (Å²) in [7, 11) is 0. The van der Waals surface area contributed by atoms with Gasteiger partial charge in [0.25, 0.3) is 5.91 Å². The van der Waals surface area contributed by atoms with E-state index in [4.69, 9.17) is 0 Å². The minimum atomic E-state index is -0.182. The molecule has 0 bridgehead atoms. The van der Waals surface area contributed by atoms with E-state index in [2.05, 4.69) is 36.1 Å². The molecule has 4 rings (SSSR count). The lowest BCUT2D eigenvalue weighted by Gasteiger charge is -2.31. The van der Waals surface area contributed by atoms with Crippen molar-refractivity contribution in [1.29, 1.82) is 0 Å². The molecule has 34 heavy (non-hydrogen) atoms. The summed E-state index contributed by atoms with van der Waals surface area (Å²) in [5.41, 5.74) is 2.30.